The second-order valence-corrected chi connectivity index (χ2v) is 7.06. The first-order valence-corrected chi connectivity index (χ1v) is 8.76. The first-order chi connectivity index (χ1) is 10.6. The molecule has 1 aromatic heterocycles. The van der Waals surface area contributed by atoms with Gasteiger partial charge in [0.2, 0.25) is 5.91 Å². The molecule has 1 unspecified atom stereocenters. The average Bonchev–Trinajstić information content (AvgIpc) is 2.74. The molecule has 0 aromatic carbocycles. The van der Waals surface area contributed by atoms with Gasteiger partial charge in [-0.15, -0.1) is 12.4 Å². The van der Waals surface area contributed by atoms with Crippen molar-refractivity contribution in [1.29, 1.82) is 0 Å². The zero-order valence-electron chi connectivity index (χ0n) is 13.7. The molecular formula is C15H25BrClN5O. The minimum atomic E-state index is 0. The Labute approximate surface area is 152 Å². The van der Waals surface area contributed by atoms with Gasteiger partial charge in [0.05, 0.1) is 22.4 Å². The van der Waals surface area contributed by atoms with Gasteiger partial charge in [-0.3, -0.25) is 14.4 Å². The summed E-state index contributed by atoms with van der Waals surface area (Å²) in [4.78, 5) is 16.6. The molecule has 3 rings (SSSR count). The number of piperidine rings is 1. The van der Waals surface area contributed by atoms with Crippen LogP contribution in [0.25, 0.3) is 0 Å². The van der Waals surface area contributed by atoms with Crippen LogP contribution in [0.3, 0.4) is 0 Å². The van der Waals surface area contributed by atoms with E-state index in [4.69, 9.17) is 0 Å². The van der Waals surface area contributed by atoms with E-state index in [1.54, 1.807) is 0 Å². The standard InChI is InChI=1S/C15H24BrN5O.ClH/c1-11-15(16)13(19(2)18-11)10-20-6-3-4-12(9-20)21-7-5-17-8-14(21)22;/h12,17H,3-10H2,1-2H3;1H. The Morgan fingerprint density at radius 2 is 2.17 bits per heavy atom. The number of likely N-dealkylation sites (tertiary alicyclic amines) is 1. The molecule has 6 nitrogen and oxygen atoms in total. The maximum Gasteiger partial charge on any atom is 0.236 e. The fourth-order valence-corrected chi connectivity index (χ4v) is 3.96. The summed E-state index contributed by atoms with van der Waals surface area (Å²) in [6, 6.07) is 0.358. The molecule has 8 heteroatoms. The van der Waals surface area contributed by atoms with Crippen molar-refractivity contribution in [2.45, 2.75) is 32.4 Å². The lowest BCUT2D eigenvalue weighted by atomic mass is 10.0. The van der Waals surface area contributed by atoms with E-state index in [1.165, 1.54) is 5.69 Å². The Bertz CT molecular complexity index is 564. The van der Waals surface area contributed by atoms with Crippen molar-refractivity contribution < 1.29 is 4.79 Å². The molecule has 1 atom stereocenters. The molecule has 2 fully saturated rings. The summed E-state index contributed by atoms with van der Waals surface area (Å²) in [5, 5.41) is 7.62. The molecule has 0 aliphatic carbocycles. The number of nitrogens with zero attached hydrogens (tertiary/aromatic N) is 4. The summed E-state index contributed by atoms with van der Waals surface area (Å²) in [5.74, 6) is 0.246. The smallest absolute Gasteiger partial charge is 0.236 e. The highest BCUT2D eigenvalue weighted by Gasteiger charge is 2.30. The third-order valence-electron chi connectivity index (χ3n) is 4.68. The predicted molar refractivity (Wildman–Crippen MR) is 95.8 cm³/mol. The highest BCUT2D eigenvalue weighted by atomic mass is 79.9. The summed E-state index contributed by atoms with van der Waals surface area (Å²) in [5.41, 5.74) is 2.24. The van der Waals surface area contributed by atoms with Gasteiger partial charge in [0.25, 0.3) is 0 Å². The number of carbonyl (C=O) groups is 1. The maximum absolute atomic E-state index is 12.1. The number of hydrogen-bond donors (Lipinski definition) is 1. The Balaban J connectivity index is 0.00000192. The molecule has 2 aliphatic heterocycles. The van der Waals surface area contributed by atoms with Crippen LogP contribution in [0.15, 0.2) is 4.47 Å². The van der Waals surface area contributed by atoms with Crippen molar-refractivity contribution in [3.05, 3.63) is 15.9 Å². The maximum atomic E-state index is 12.1. The molecule has 3 heterocycles. The van der Waals surface area contributed by atoms with Crippen molar-refractivity contribution in [3.8, 4) is 0 Å². The minimum Gasteiger partial charge on any atom is -0.336 e. The summed E-state index contributed by atoms with van der Waals surface area (Å²) >= 11 is 3.65. The minimum absolute atomic E-state index is 0. The van der Waals surface area contributed by atoms with Gasteiger partial charge < -0.3 is 10.2 Å². The lowest BCUT2D eigenvalue weighted by Gasteiger charge is -2.41. The fourth-order valence-electron chi connectivity index (χ4n) is 3.50. The summed E-state index contributed by atoms with van der Waals surface area (Å²) in [6.07, 6.45) is 2.27. The Morgan fingerprint density at radius 1 is 1.39 bits per heavy atom. The monoisotopic (exact) mass is 405 g/mol. The number of rotatable bonds is 3. The molecule has 2 aliphatic rings. The fraction of sp³-hybridized carbons (Fsp3) is 0.733. The molecule has 1 amide bonds. The summed E-state index contributed by atoms with van der Waals surface area (Å²) in [6.45, 7) is 7.19. The molecule has 0 spiro atoms. The largest absolute Gasteiger partial charge is 0.336 e. The zero-order chi connectivity index (χ0) is 15.7. The molecule has 1 aromatic rings. The zero-order valence-corrected chi connectivity index (χ0v) is 16.1. The number of aryl methyl sites for hydroxylation is 2. The van der Waals surface area contributed by atoms with E-state index in [9.17, 15) is 4.79 Å². The SMILES string of the molecule is Cc1nn(C)c(CN2CCCC(N3CCNCC3=O)C2)c1Br.Cl. The number of nitrogens with one attached hydrogen (secondary N) is 1. The Hall–Kier alpha value is -0.630. The molecule has 130 valence electrons. The van der Waals surface area contributed by atoms with E-state index in [1.807, 2.05) is 18.7 Å². The first kappa shape index (κ1) is 18.7. The van der Waals surface area contributed by atoms with Crippen LogP contribution in [-0.4, -0.2) is 64.3 Å². The molecule has 1 N–H and O–H groups in total. The summed E-state index contributed by atoms with van der Waals surface area (Å²) < 4.78 is 3.06. The first-order valence-electron chi connectivity index (χ1n) is 7.96. The van der Waals surface area contributed by atoms with Gasteiger partial charge in [0.1, 0.15) is 0 Å². The molecule has 0 bridgehead atoms. The number of aromatic nitrogens is 2. The van der Waals surface area contributed by atoms with Gasteiger partial charge in [-0.1, -0.05) is 0 Å². The highest BCUT2D eigenvalue weighted by molar-refractivity contribution is 9.10. The predicted octanol–water partition coefficient (Wildman–Crippen LogP) is 1.31. The van der Waals surface area contributed by atoms with Gasteiger partial charge in [-0.25, -0.2) is 0 Å². The lowest BCUT2D eigenvalue weighted by Crippen LogP contribution is -2.56. The van der Waals surface area contributed by atoms with Crippen molar-refractivity contribution >= 4 is 34.2 Å². The van der Waals surface area contributed by atoms with E-state index in [0.717, 1.165) is 55.7 Å². The second-order valence-electron chi connectivity index (χ2n) is 6.26. The Morgan fingerprint density at radius 3 is 2.83 bits per heavy atom. The van der Waals surface area contributed by atoms with Gasteiger partial charge in [-0.2, -0.15) is 5.10 Å². The van der Waals surface area contributed by atoms with Gasteiger partial charge in [0.15, 0.2) is 0 Å². The molecule has 0 saturated carbocycles. The number of hydrogen-bond acceptors (Lipinski definition) is 4. The third kappa shape index (κ3) is 4.07. The highest BCUT2D eigenvalue weighted by Crippen LogP contribution is 2.24. The van der Waals surface area contributed by atoms with Gasteiger partial charge >= 0.3 is 0 Å². The topological polar surface area (TPSA) is 53.4 Å². The normalized spacial score (nSPS) is 23.0. The molecular weight excluding hydrogens is 382 g/mol. The number of halogens is 2. The van der Waals surface area contributed by atoms with E-state index in [-0.39, 0.29) is 18.3 Å². The van der Waals surface area contributed by atoms with Gasteiger partial charge in [-0.05, 0) is 42.2 Å². The van der Waals surface area contributed by atoms with Crippen LogP contribution in [0.2, 0.25) is 0 Å². The van der Waals surface area contributed by atoms with Crippen LogP contribution in [0, 0.1) is 6.92 Å². The van der Waals surface area contributed by atoms with Crippen molar-refractivity contribution in [3.63, 3.8) is 0 Å². The van der Waals surface area contributed by atoms with Crippen molar-refractivity contribution in [2.24, 2.45) is 7.05 Å². The van der Waals surface area contributed by atoms with Crippen LogP contribution in [0.1, 0.15) is 24.2 Å². The molecule has 23 heavy (non-hydrogen) atoms. The van der Waals surface area contributed by atoms with Gasteiger partial charge in [0, 0.05) is 39.3 Å². The second kappa shape index (κ2) is 7.96. The van der Waals surface area contributed by atoms with E-state index in [0.29, 0.717) is 12.6 Å². The lowest BCUT2D eigenvalue weighted by molar-refractivity contribution is -0.135. The summed E-state index contributed by atoms with van der Waals surface area (Å²) in [7, 11) is 1.99. The van der Waals surface area contributed by atoms with E-state index in [2.05, 4.69) is 36.1 Å². The van der Waals surface area contributed by atoms with E-state index < -0.39 is 0 Å². The van der Waals surface area contributed by atoms with Crippen LogP contribution >= 0.6 is 28.3 Å². The van der Waals surface area contributed by atoms with Crippen LogP contribution in [0.5, 0.6) is 0 Å². The number of carbonyl (C=O) groups excluding carboxylic acids is 1. The average molecular weight is 407 g/mol. The third-order valence-corrected chi connectivity index (χ3v) is 5.71. The Kier molecular flexibility index (Phi) is 6.48. The molecule has 0 radical (unpaired) electrons. The van der Waals surface area contributed by atoms with Crippen LogP contribution in [-0.2, 0) is 18.4 Å². The van der Waals surface area contributed by atoms with Crippen molar-refractivity contribution in [2.75, 3.05) is 32.7 Å². The van der Waals surface area contributed by atoms with Crippen LogP contribution < -0.4 is 5.32 Å². The quantitative estimate of drug-likeness (QED) is 0.822. The van der Waals surface area contributed by atoms with Crippen LogP contribution in [0.4, 0.5) is 0 Å². The number of piperazine rings is 1. The van der Waals surface area contributed by atoms with Crippen molar-refractivity contribution in [1.82, 2.24) is 24.9 Å². The number of amides is 1. The van der Waals surface area contributed by atoms with E-state index >= 15 is 0 Å². The molecule has 2 saturated heterocycles.